The third-order valence-electron chi connectivity index (χ3n) is 2.64. The first-order valence-electron chi connectivity index (χ1n) is 5.73. The zero-order chi connectivity index (χ0) is 12.1. The highest BCUT2D eigenvalue weighted by molar-refractivity contribution is 5.34. The number of aromatic nitrogens is 1. The second-order valence-electron chi connectivity index (χ2n) is 3.97. The van der Waals surface area contributed by atoms with E-state index in [2.05, 4.69) is 16.8 Å². The summed E-state index contributed by atoms with van der Waals surface area (Å²) in [5, 5.41) is 0. The lowest BCUT2D eigenvalue weighted by Gasteiger charge is -2.18. The number of hydrogen-bond acceptors (Lipinski definition) is 4. The first-order chi connectivity index (χ1) is 8.28. The van der Waals surface area contributed by atoms with Crippen LogP contribution in [0.4, 0.5) is 5.69 Å². The normalized spacial score (nSPS) is 10.9. The smallest absolute Gasteiger partial charge is 0.117 e. The molecule has 0 aliphatic carbocycles. The van der Waals surface area contributed by atoms with Gasteiger partial charge >= 0.3 is 0 Å². The highest BCUT2D eigenvalue weighted by Crippen LogP contribution is 2.09. The fourth-order valence-electron chi connectivity index (χ4n) is 1.66. The van der Waals surface area contributed by atoms with Crippen molar-refractivity contribution in [3.8, 4) is 0 Å². The van der Waals surface area contributed by atoms with Crippen molar-refractivity contribution < 1.29 is 4.42 Å². The third-order valence-corrected chi connectivity index (χ3v) is 2.64. The Morgan fingerprint density at radius 3 is 2.76 bits per heavy atom. The van der Waals surface area contributed by atoms with Crippen molar-refractivity contribution >= 4 is 5.69 Å². The van der Waals surface area contributed by atoms with E-state index in [1.54, 1.807) is 12.5 Å². The molecule has 2 N–H and O–H groups in total. The molecule has 0 aliphatic rings. The van der Waals surface area contributed by atoms with E-state index in [0.29, 0.717) is 5.69 Å². The molecule has 0 unspecified atom stereocenters. The number of nitrogens with zero attached hydrogens (tertiary/aromatic N) is 2. The summed E-state index contributed by atoms with van der Waals surface area (Å²) in [6, 6.07) is 7.73. The molecule has 0 aromatic carbocycles. The number of furan rings is 1. The van der Waals surface area contributed by atoms with E-state index in [1.165, 1.54) is 0 Å². The third kappa shape index (κ3) is 3.32. The Balaban J connectivity index is 1.97. The predicted octanol–water partition coefficient (Wildman–Crippen LogP) is 2.28. The molecular weight excluding hydrogens is 214 g/mol. The Morgan fingerprint density at radius 2 is 2.18 bits per heavy atom. The zero-order valence-corrected chi connectivity index (χ0v) is 9.97. The zero-order valence-electron chi connectivity index (χ0n) is 9.97. The van der Waals surface area contributed by atoms with Crippen LogP contribution < -0.4 is 5.73 Å². The van der Waals surface area contributed by atoms with Gasteiger partial charge in [0.15, 0.2) is 0 Å². The summed E-state index contributed by atoms with van der Waals surface area (Å²) in [6.45, 7) is 4.68. The quantitative estimate of drug-likeness (QED) is 0.857. The van der Waals surface area contributed by atoms with E-state index in [4.69, 9.17) is 10.2 Å². The summed E-state index contributed by atoms with van der Waals surface area (Å²) in [5.74, 6) is 0.974. The highest BCUT2D eigenvalue weighted by atomic mass is 16.3. The van der Waals surface area contributed by atoms with Crippen molar-refractivity contribution in [2.75, 3.05) is 12.3 Å². The monoisotopic (exact) mass is 231 g/mol. The van der Waals surface area contributed by atoms with Gasteiger partial charge in [0.2, 0.25) is 0 Å². The molecule has 0 atom stereocenters. The number of nitrogens with two attached hydrogens (primary N) is 1. The molecule has 17 heavy (non-hydrogen) atoms. The van der Waals surface area contributed by atoms with Gasteiger partial charge in [-0.3, -0.25) is 9.88 Å². The van der Waals surface area contributed by atoms with Gasteiger partial charge in [-0.1, -0.05) is 6.92 Å². The van der Waals surface area contributed by atoms with Crippen molar-refractivity contribution in [1.82, 2.24) is 9.88 Å². The van der Waals surface area contributed by atoms with E-state index in [9.17, 15) is 0 Å². The molecule has 4 heteroatoms. The number of hydrogen-bond donors (Lipinski definition) is 1. The first-order valence-corrected chi connectivity index (χ1v) is 5.73. The van der Waals surface area contributed by atoms with Gasteiger partial charge in [0.25, 0.3) is 0 Å². The van der Waals surface area contributed by atoms with Crippen molar-refractivity contribution in [1.29, 1.82) is 0 Å². The molecule has 0 bridgehead atoms. The fraction of sp³-hybridized carbons (Fsp3) is 0.308. The molecule has 2 aromatic heterocycles. The Bertz CT molecular complexity index is 436. The van der Waals surface area contributed by atoms with Crippen LogP contribution in [0, 0.1) is 0 Å². The summed E-state index contributed by atoms with van der Waals surface area (Å²) >= 11 is 0. The molecule has 0 spiro atoms. The van der Waals surface area contributed by atoms with Gasteiger partial charge in [-0.25, -0.2) is 0 Å². The maximum Gasteiger partial charge on any atom is 0.117 e. The summed E-state index contributed by atoms with van der Waals surface area (Å²) in [6.07, 6.45) is 3.39. The molecule has 0 saturated heterocycles. The lowest BCUT2D eigenvalue weighted by atomic mass is 10.3. The van der Waals surface area contributed by atoms with Crippen molar-refractivity contribution in [2.45, 2.75) is 20.0 Å². The highest BCUT2D eigenvalue weighted by Gasteiger charge is 2.07. The van der Waals surface area contributed by atoms with E-state index in [0.717, 1.165) is 31.1 Å². The second kappa shape index (κ2) is 5.50. The number of nitrogen functional groups attached to an aromatic ring is 1. The molecule has 2 heterocycles. The average Bonchev–Trinajstić information content (AvgIpc) is 2.84. The molecule has 0 amide bonds. The Kier molecular flexibility index (Phi) is 3.77. The van der Waals surface area contributed by atoms with Crippen LogP contribution in [0.3, 0.4) is 0 Å². The van der Waals surface area contributed by atoms with E-state index in [1.807, 2.05) is 24.3 Å². The Morgan fingerprint density at radius 1 is 1.29 bits per heavy atom. The Labute approximate surface area is 101 Å². The summed E-state index contributed by atoms with van der Waals surface area (Å²) in [5.41, 5.74) is 7.33. The van der Waals surface area contributed by atoms with Gasteiger partial charge in [-0.15, -0.1) is 0 Å². The minimum Gasteiger partial charge on any atom is -0.468 e. The first kappa shape index (κ1) is 11.7. The van der Waals surface area contributed by atoms with E-state index >= 15 is 0 Å². The van der Waals surface area contributed by atoms with Gasteiger partial charge in [0.1, 0.15) is 5.76 Å². The fourth-order valence-corrected chi connectivity index (χ4v) is 1.66. The average molecular weight is 231 g/mol. The predicted molar refractivity (Wildman–Crippen MR) is 67.1 cm³/mol. The van der Waals surface area contributed by atoms with Crippen LogP contribution >= 0.6 is 0 Å². The summed E-state index contributed by atoms with van der Waals surface area (Å²) < 4.78 is 5.34. The molecule has 0 fully saturated rings. The maximum absolute atomic E-state index is 5.61. The van der Waals surface area contributed by atoms with Crippen LogP contribution in [0.25, 0.3) is 0 Å². The van der Waals surface area contributed by atoms with Crippen molar-refractivity contribution in [2.24, 2.45) is 0 Å². The van der Waals surface area contributed by atoms with Gasteiger partial charge in [0.05, 0.1) is 30.4 Å². The van der Waals surface area contributed by atoms with Crippen LogP contribution in [0.1, 0.15) is 18.4 Å². The van der Waals surface area contributed by atoms with Gasteiger partial charge in [-0.2, -0.15) is 0 Å². The molecule has 2 rings (SSSR count). The maximum atomic E-state index is 5.61. The molecule has 0 radical (unpaired) electrons. The minimum absolute atomic E-state index is 0.697. The van der Waals surface area contributed by atoms with E-state index < -0.39 is 0 Å². The SMILES string of the molecule is CCN(Cc1ccc(N)cn1)Cc1ccco1. The minimum atomic E-state index is 0.697. The van der Waals surface area contributed by atoms with Crippen LogP contribution in [0.15, 0.2) is 41.1 Å². The molecule has 0 saturated carbocycles. The number of pyridine rings is 1. The van der Waals surface area contributed by atoms with Crippen LogP contribution in [-0.2, 0) is 13.1 Å². The van der Waals surface area contributed by atoms with Gasteiger partial charge in [0, 0.05) is 6.54 Å². The van der Waals surface area contributed by atoms with Crippen LogP contribution in [-0.4, -0.2) is 16.4 Å². The van der Waals surface area contributed by atoms with Crippen molar-refractivity contribution in [3.05, 3.63) is 48.2 Å². The van der Waals surface area contributed by atoms with Crippen molar-refractivity contribution in [3.63, 3.8) is 0 Å². The summed E-state index contributed by atoms with van der Waals surface area (Å²) in [7, 11) is 0. The molecular formula is C13H17N3O. The summed E-state index contributed by atoms with van der Waals surface area (Å²) in [4.78, 5) is 6.56. The topological polar surface area (TPSA) is 55.3 Å². The molecule has 90 valence electrons. The van der Waals surface area contributed by atoms with Gasteiger partial charge < -0.3 is 10.2 Å². The van der Waals surface area contributed by atoms with E-state index in [-0.39, 0.29) is 0 Å². The lowest BCUT2D eigenvalue weighted by molar-refractivity contribution is 0.245. The molecule has 0 aliphatic heterocycles. The largest absolute Gasteiger partial charge is 0.468 e. The Hall–Kier alpha value is -1.81. The van der Waals surface area contributed by atoms with Crippen LogP contribution in [0.5, 0.6) is 0 Å². The number of anilines is 1. The number of rotatable bonds is 5. The second-order valence-corrected chi connectivity index (χ2v) is 3.97. The molecule has 4 nitrogen and oxygen atoms in total. The molecule has 2 aromatic rings. The van der Waals surface area contributed by atoms with Gasteiger partial charge in [-0.05, 0) is 30.8 Å². The lowest BCUT2D eigenvalue weighted by Crippen LogP contribution is -2.22. The standard InChI is InChI=1S/C13H17N3O/c1-2-16(10-13-4-3-7-17-13)9-12-6-5-11(14)8-15-12/h3-8H,2,9-10,14H2,1H3. The van der Waals surface area contributed by atoms with Crippen LogP contribution in [0.2, 0.25) is 0 Å².